The topological polar surface area (TPSA) is 75.7 Å². The van der Waals surface area contributed by atoms with Crippen molar-refractivity contribution in [2.24, 2.45) is 5.92 Å². The van der Waals surface area contributed by atoms with Crippen LogP contribution < -0.4 is 10.2 Å². The van der Waals surface area contributed by atoms with E-state index in [-0.39, 0.29) is 18.9 Å². The quantitative estimate of drug-likeness (QED) is 0.604. The zero-order valence-corrected chi connectivity index (χ0v) is 17.7. The molecule has 4 rings (SSSR count). The molecule has 158 valence electrons. The summed E-state index contributed by atoms with van der Waals surface area (Å²) in [5.74, 6) is -1.80. The molecule has 6 nitrogen and oxygen atoms in total. The zero-order valence-electron chi connectivity index (χ0n) is 16.9. The van der Waals surface area contributed by atoms with E-state index in [1.165, 1.54) is 0 Å². The van der Waals surface area contributed by atoms with Crippen LogP contribution in [0.15, 0.2) is 60.7 Å². The number of anilines is 2. The Kier molecular flexibility index (Phi) is 5.91. The van der Waals surface area contributed by atoms with Crippen LogP contribution in [0.4, 0.5) is 11.4 Å². The van der Waals surface area contributed by atoms with Crippen LogP contribution in [0.5, 0.6) is 0 Å². The Bertz CT molecular complexity index is 1170. The molecule has 0 saturated carbocycles. The van der Waals surface area contributed by atoms with E-state index >= 15 is 0 Å². The Hall–Kier alpha value is -3.38. The first-order valence-corrected chi connectivity index (χ1v) is 10.3. The first-order valence-electron chi connectivity index (χ1n) is 9.94. The molecule has 0 spiro atoms. The van der Waals surface area contributed by atoms with Crippen LogP contribution in [-0.2, 0) is 19.1 Å². The fourth-order valence-corrected chi connectivity index (χ4v) is 3.93. The van der Waals surface area contributed by atoms with Gasteiger partial charge >= 0.3 is 5.97 Å². The van der Waals surface area contributed by atoms with Crippen molar-refractivity contribution in [1.29, 1.82) is 0 Å². The first-order chi connectivity index (χ1) is 14.9. The van der Waals surface area contributed by atoms with Crippen molar-refractivity contribution in [2.75, 3.05) is 23.4 Å². The van der Waals surface area contributed by atoms with Crippen molar-refractivity contribution < 1.29 is 19.1 Å². The number of fused-ring (bicyclic) bond motifs is 1. The maximum Gasteiger partial charge on any atom is 0.311 e. The number of hydrogen-bond donors (Lipinski definition) is 1. The number of benzene rings is 3. The largest absolute Gasteiger partial charge is 0.455 e. The maximum atomic E-state index is 12.5. The van der Waals surface area contributed by atoms with E-state index in [0.29, 0.717) is 16.4 Å². The summed E-state index contributed by atoms with van der Waals surface area (Å²) < 4.78 is 5.20. The molecule has 1 heterocycles. The molecule has 1 fully saturated rings. The Morgan fingerprint density at radius 1 is 1.10 bits per heavy atom. The highest BCUT2D eigenvalue weighted by molar-refractivity contribution is 6.31. The third kappa shape index (κ3) is 4.39. The van der Waals surface area contributed by atoms with Crippen molar-refractivity contribution >= 4 is 51.5 Å². The van der Waals surface area contributed by atoms with Gasteiger partial charge in [0.15, 0.2) is 6.61 Å². The number of carbonyl (C=O) groups is 3. The fraction of sp³-hybridized carbons (Fsp3) is 0.208. The molecule has 0 unspecified atom stereocenters. The van der Waals surface area contributed by atoms with Crippen molar-refractivity contribution in [1.82, 2.24) is 0 Å². The molecule has 1 aliphatic rings. The third-order valence-corrected chi connectivity index (χ3v) is 5.81. The lowest BCUT2D eigenvalue weighted by Gasteiger charge is -2.19. The van der Waals surface area contributed by atoms with Gasteiger partial charge < -0.3 is 15.0 Å². The van der Waals surface area contributed by atoms with Crippen LogP contribution in [0.1, 0.15) is 12.0 Å². The van der Waals surface area contributed by atoms with Gasteiger partial charge in [0.05, 0.1) is 5.92 Å². The summed E-state index contributed by atoms with van der Waals surface area (Å²) in [5.41, 5.74) is 2.11. The minimum atomic E-state index is -0.628. The number of rotatable bonds is 5. The SMILES string of the molecule is Cc1c(Cl)cccc1N1C[C@H](C(=O)OCC(=O)Nc2cccc3ccccc23)CC1=O. The molecule has 1 N–H and O–H groups in total. The predicted molar refractivity (Wildman–Crippen MR) is 120 cm³/mol. The molecule has 2 amide bonds. The number of nitrogens with one attached hydrogen (secondary N) is 1. The van der Waals surface area contributed by atoms with Crippen LogP contribution in [-0.4, -0.2) is 30.9 Å². The van der Waals surface area contributed by atoms with Gasteiger partial charge in [-0.05, 0) is 36.1 Å². The van der Waals surface area contributed by atoms with Crippen LogP contribution >= 0.6 is 11.6 Å². The minimum absolute atomic E-state index is 0.0374. The number of carbonyl (C=O) groups excluding carboxylic acids is 3. The molecule has 0 aromatic heterocycles. The number of hydrogen-bond acceptors (Lipinski definition) is 4. The van der Waals surface area contributed by atoms with Crippen molar-refractivity contribution in [3.8, 4) is 0 Å². The predicted octanol–water partition coefficient (Wildman–Crippen LogP) is 4.34. The Labute approximate surface area is 184 Å². The van der Waals surface area contributed by atoms with Gasteiger partial charge in [0.1, 0.15) is 0 Å². The van der Waals surface area contributed by atoms with Gasteiger partial charge in [-0.25, -0.2) is 0 Å². The monoisotopic (exact) mass is 436 g/mol. The summed E-state index contributed by atoms with van der Waals surface area (Å²) in [6.07, 6.45) is 0.0374. The second-order valence-electron chi connectivity index (χ2n) is 7.47. The van der Waals surface area contributed by atoms with Crippen LogP contribution in [0.25, 0.3) is 10.8 Å². The summed E-state index contributed by atoms with van der Waals surface area (Å²) >= 11 is 6.15. The molecule has 7 heteroatoms. The van der Waals surface area contributed by atoms with E-state index in [1.807, 2.05) is 43.3 Å². The summed E-state index contributed by atoms with van der Waals surface area (Å²) in [5, 5.41) is 5.24. The lowest BCUT2D eigenvalue weighted by molar-refractivity contribution is -0.151. The van der Waals surface area contributed by atoms with E-state index in [4.69, 9.17) is 16.3 Å². The molecule has 3 aromatic rings. The Morgan fingerprint density at radius 2 is 1.84 bits per heavy atom. The number of amides is 2. The normalized spacial score (nSPS) is 15.9. The van der Waals surface area contributed by atoms with E-state index < -0.39 is 24.4 Å². The molecular formula is C24H21ClN2O4. The summed E-state index contributed by atoms with van der Waals surface area (Å²) in [6.45, 7) is 1.61. The highest BCUT2D eigenvalue weighted by Gasteiger charge is 2.37. The van der Waals surface area contributed by atoms with Gasteiger partial charge in [-0.1, -0.05) is 54.1 Å². The van der Waals surface area contributed by atoms with E-state index in [1.54, 1.807) is 29.2 Å². The lowest BCUT2D eigenvalue weighted by Crippen LogP contribution is -2.28. The maximum absolute atomic E-state index is 12.5. The van der Waals surface area contributed by atoms with E-state index in [0.717, 1.165) is 16.3 Å². The molecule has 0 aliphatic carbocycles. The number of ether oxygens (including phenoxy) is 1. The van der Waals surface area contributed by atoms with Crippen LogP contribution in [0.3, 0.4) is 0 Å². The molecule has 1 aliphatic heterocycles. The molecule has 1 saturated heterocycles. The van der Waals surface area contributed by atoms with Gasteiger partial charge in [-0.15, -0.1) is 0 Å². The Balaban J connectivity index is 1.36. The average molecular weight is 437 g/mol. The summed E-state index contributed by atoms with van der Waals surface area (Å²) in [4.78, 5) is 38.8. The molecule has 31 heavy (non-hydrogen) atoms. The highest BCUT2D eigenvalue weighted by atomic mass is 35.5. The number of nitrogens with zero attached hydrogens (tertiary/aromatic N) is 1. The van der Waals surface area contributed by atoms with Gasteiger partial charge in [0.2, 0.25) is 5.91 Å². The second kappa shape index (κ2) is 8.78. The van der Waals surface area contributed by atoms with Crippen LogP contribution in [0.2, 0.25) is 5.02 Å². The summed E-state index contributed by atoms with van der Waals surface area (Å²) in [6, 6.07) is 18.6. The van der Waals surface area contributed by atoms with Gasteiger partial charge in [0, 0.05) is 34.7 Å². The first kappa shape index (κ1) is 20.9. The Morgan fingerprint density at radius 3 is 2.68 bits per heavy atom. The molecule has 3 aromatic carbocycles. The highest BCUT2D eigenvalue weighted by Crippen LogP contribution is 2.31. The summed E-state index contributed by atoms with van der Waals surface area (Å²) in [7, 11) is 0. The minimum Gasteiger partial charge on any atom is -0.455 e. The lowest BCUT2D eigenvalue weighted by atomic mass is 10.1. The molecular weight excluding hydrogens is 416 g/mol. The van der Waals surface area contributed by atoms with Gasteiger partial charge in [-0.2, -0.15) is 0 Å². The smallest absolute Gasteiger partial charge is 0.311 e. The number of esters is 1. The van der Waals surface area contributed by atoms with Crippen molar-refractivity contribution in [3.63, 3.8) is 0 Å². The second-order valence-corrected chi connectivity index (χ2v) is 7.88. The molecule has 0 bridgehead atoms. The van der Waals surface area contributed by atoms with Crippen molar-refractivity contribution in [2.45, 2.75) is 13.3 Å². The number of halogens is 1. The standard InChI is InChI=1S/C24H21ClN2O4/c1-15-19(25)9-5-11-21(15)27-13-17(12-23(27)29)24(30)31-14-22(28)26-20-10-4-7-16-6-2-3-8-18(16)20/h2-11,17H,12-14H2,1H3,(H,26,28)/t17-/m1/s1. The third-order valence-electron chi connectivity index (χ3n) is 5.40. The van der Waals surface area contributed by atoms with Crippen molar-refractivity contribution in [3.05, 3.63) is 71.2 Å². The van der Waals surface area contributed by atoms with Crippen LogP contribution in [0, 0.1) is 12.8 Å². The van der Waals surface area contributed by atoms with E-state index in [2.05, 4.69) is 5.32 Å². The zero-order chi connectivity index (χ0) is 22.0. The molecule has 0 radical (unpaired) electrons. The van der Waals surface area contributed by atoms with Gasteiger partial charge in [0.25, 0.3) is 5.91 Å². The average Bonchev–Trinajstić information content (AvgIpc) is 3.16. The van der Waals surface area contributed by atoms with E-state index in [9.17, 15) is 14.4 Å². The molecule has 1 atom stereocenters. The van der Waals surface area contributed by atoms with Gasteiger partial charge in [-0.3, -0.25) is 14.4 Å². The fourth-order valence-electron chi connectivity index (χ4n) is 3.76.